The normalized spacial score (nSPS) is 10.2. The van der Waals surface area contributed by atoms with Crippen molar-refractivity contribution in [3.05, 3.63) is 234 Å². The first-order valence-electron chi connectivity index (χ1n) is 17.1. The third kappa shape index (κ3) is 10.5. The number of rotatable bonds is 6. The van der Waals surface area contributed by atoms with Gasteiger partial charge in [-0.05, 0) is 98.5 Å². The molecular formula is C49H40BrN. The lowest BCUT2D eigenvalue weighted by Gasteiger charge is -2.11. The summed E-state index contributed by atoms with van der Waals surface area (Å²) in [5, 5.41) is 0. The van der Waals surface area contributed by atoms with Gasteiger partial charge in [-0.15, -0.1) is 0 Å². The molecule has 8 aromatic rings. The van der Waals surface area contributed by atoms with Crippen molar-refractivity contribution in [1.82, 2.24) is 0 Å². The van der Waals surface area contributed by atoms with Crippen molar-refractivity contribution in [2.75, 3.05) is 5.73 Å². The Kier molecular flexibility index (Phi) is 12.4. The van der Waals surface area contributed by atoms with E-state index in [0.717, 1.165) is 16.6 Å². The molecule has 0 unspecified atom stereocenters. The van der Waals surface area contributed by atoms with E-state index in [4.69, 9.17) is 5.73 Å². The predicted octanol–water partition coefficient (Wildman–Crippen LogP) is 13.7. The lowest BCUT2D eigenvalue weighted by Crippen LogP contribution is -1.91. The van der Waals surface area contributed by atoms with Gasteiger partial charge in [0.1, 0.15) is 0 Å². The predicted molar refractivity (Wildman–Crippen MR) is 222 cm³/mol. The van der Waals surface area contributed by atoms with Gasteiger partial charge in [-0.3, -0.25) is 0 Å². The van der Waals surface area contributed by atoms with Crippen molar-refractivity contribution in [3.8, 4) is 44.5 Å². The second kappa shape index (κ2) is 18.2. The van der Waals surface area contributed by atoms with Gasteiger partial charge >= 0.3 is 0 Å². The van der Waals surface area contributed by atoms with Gasteiger partial charge in [0.15, 0.2) is 0 Å². The number of nitrogens with two attached hydrogens (primary N) is 1. The molecule has 0 spiro atoms. The minimum Gasteiger partial charge on any atom is -0.399 e. The van der Waals surface area contributed by atoms with Crippen LogP contribution in [0.5, 0.6) is 0 Å². The van der Waals surface area contributed by atoms with E-state index in [1.807, 2.05) is 42.5 Å². The van der Waals surface area contributed by atoms with E-state index in [-0.39, 0.29) is 0 Å². The van der Waals surface area contributed by atoms with Crippen LogP contribution < -0.4 is 5.73 Å². The molecule has 1 nitrogen and oxygen atoms in total. The molecule has 0 aliphatic rings. The van der Waals surface area contributed by atoms with Gasteiger partial charge in [0.25, 0.3) is 0 Å². The molecule has 8 aromatic carbocycles. The monoisotopic (exact) mass is 721 g/mol. The molecule has 0 aliphatic heterocycles. The molecular weight excluding hydrogens is 682 g/mol. The molecule has 8 rings (SSSR count). The zero-order valence-corrected chi connectivity index (χ0v) is 30.0. The average molecular weight is 723 g/mol. The van der Waals surface area contributed by atoms with Gasteiger partial charge in [0, 0.05) is 10.2 Å². The van der Waals surface area contributed by atoms with E-state index in [1.54, 1.807) is 0 Å². The van der Waals surface area contributed by atoms with Gasteiger partial charge in [-0.2, -0.15) is 0 Å². The van der Waals surface area contributed by atoms with Gasteiger partial charge in [-0.1, -0.05) is 198 Å². The maximum absolute atomic E-state index is 5.36. The van der Waals surface area contributed by atoms with Crippen molar-refractivity contribution < 1.29 is 0 Å². The Morgan fingerprint density at radius 2 is 0.588 bits per heavy atom. The SMILES string of the molecule is Brc1cc(-c2ccccc2)cc(-c2ccccc2)c1.Nc1ccccc1.c1ccc(Cc2cc(-c3ccccc3)cc(-c3ccccc3)c2)cc1. The minimum absolute atomic E-state index is 0.822. The van der Waals surface area contributed by atoms with Gasteiger partial charge < -0.3 is 5.73 Å². The summed E-state index contributed by atoms with van der Waals surface area (Å²) in [6.45, 7) is 0. The standard InChI is InChI=1S/C25H20.C18H13Br.C6H7N/c1-4-10-20(11-5-1)16-21-17-24(22-12-6-2-7-13-22)19-25(18-21)23-14-8-3-9-15-23;19-18-12-16(14-7-3-1-4-8-14)11-17(13-18)15-9-5-2-6-10-15;7-6-4-2-1-3-5-6/h1-15,17-19H,16H2;1-13H;1-5H,7H2. The number of hydrogen-bond donors (Lipinski definition) is 1. The summed E-state index contributed by atoms with van der Waals surface area (Å²) in [5.41, 5.74) is 18.9. The molecule has 0 aromatic heterocycles. The second-order valence-corrected chi connectivity index (χ2v) is 13.1. The Morgan fingerprint density at radius 3 is 0.902 bits per heavy atom. The molecule has 0 aliphatic carbocycles. The van der Waals surface area contributed by atoms with Gasteiger partial charge in [-0.25, -0.2) is 0 Å². The topological polar surface area (TPSA) is 26.0 Å². The second-order valence-electron chi connectivity index (χ2n) is 12.2. The van der Waals surface area contributed by atoms with Crippen molar-refractivity contribution in [2.45, 2.75) is 6.42 Å². The largest absolute Gasteiger partial charge is 0.399 e. The maximum Gasteiger partial charge on any atom is 0.0313 e. The molecule has 0 saturated heterocycles. The maximum atomic E-state index is 5.36. The Bertz CT molecular complexity index is 2090. The number of para-hydroxylation sites is 1. The summed E-state index contributed by atoms with van der Waals surface area (Å²) < 4.78 is 1.10. The van der Waals surface area contributed by atoms with Crippen LogP contribution in [0.15, 0.2) is 223 Å². The number of benzene rings is 8. The third-order valence-corrected chi connectivity index (χ3v) is 8.83. The summed E-state index contributed by atoms with van der Waals surface area (Å²) in [7, 11) is 0. The number of halogens is 1. The smallest absolute Gasteiger partial charge is 0.0313 e. The fourth-order valence-electron chi connectivity index (χ4n) is 5.86. The zero-order chi connectivity index (χ0) is 35.1. The van der Waals surface area contributed by atoms with Crippen LogP contribution in [0.3, 0.4) is 0 Å². The van der Waals surface area contributed by atoms with Crippen LogP contribution in [0.25, 0.3) is 44.5 Å². The molecule has 0 saturated carbocycles. The molecule has 248 valence electrons. The molecule has 51 heavy (non-hydrogen) atoms. The third-order valence-electron chi connectivity index (χ3n) is 8.37. The van der Waals surface area contributed by atoms with E-state index >= 15 is 0 Å². The minimum atomic E-state index is 0.822. The van der Waals surface area contributed by atoms with Crippen molar-refractivity contribution in [1.29, 1.82) is 0 Å². The summed E-state index contributed by atoms with van der Waals surface area (Å²) in [4.78, 5) is 0. The molecule has 0 radical (unpaired) electrons. The number of hydrogen-bond acceptors (Lipinski definition) is 1. The van der Waals surface area contributed by atoms with E-state index in [2.05, 4.69) is 192 Å². The van der Waals surface area contributed by atoms with Crippen LogP contribution in [0.4, 0.5) is 5.69 Å². The Morgan fingerprint density at radius 1 is 0.294 bits per heavy atom. The van der Waals surface area contributed by atoms with Crippen LogP contribution in [-0.4, -0.2) is 0 Å². The molecule has 2 heteroatoms. The molecule has 0 amide bonds. The van der Waals surface area contributed by atoms with Crippen LogP contribution in [0.2, 0.25) is 0 Å². The molecule has 0 heterocycles. The molecule has 0 bridgehead atoms. The lowest BCUT2D eigenvalue weighted by molar-refractivity contribution is 1.19. The van der Waals surface area contributed by atoms with Crippen molar-refractivity contribution in [3.63, 3.8) is 0 Å². The average Bonchev–Trinajstić information content (AvgIpc) is 3.20. The zero-order valence-electron chi connectivity index (χ0n) is 28.4. The van der Waals surface area contributed by atoms with Crippen LogP contribution in [0, 0.1) is 0 Å². The van der Waals surface area contributed by atoms with E-state index in [1.165, 1.54) is 55.6 Å². The fourth-order valence-corrected chi connectivity index (χ4v) is 6.35. The van der Waals surface area contributed by atoms with Gasteiger partial charge in [0.2, 0.25) is 0 Å². The summed E-state index contributed by atoms with van der Waals surface area (Å²) in [5.74, 6) is 0. The number of anilines is 1. The summed E-state index contributed by atoms with van der Waals surface area (Å²) in [6, 6.07) is 75.7. The quantitative estimate of drug-likeness (QED) is 0.170. The van der Waals surface area contributed by atoms with E-state index in [0.29, 0.717) is 0 Å². The van der Waals surface area contributed by atoms with E-state index in [9.17, 15) is 0 Å². The van der Waals surface area contributed by atoms with Gasteiger partial charge in [0.05, 0.1) is 0 Å². The Labute approximate surface area is 310 Å². The summed E-state index contributed by atoms with van der Waals surface area (Å²) in [6.07, 6.45) is 0.946. The summed E-state index contributed by atoms with van der Waals surface area (Å²) >= 11 is 3.61. The molecule has 0 atom stereocenters. The van der Waals surface area contributed by atoms with Crippen LogP contribution in [0.1, 0.15) is 11.1 Å². The molecule has 2 N–H and O–H groups in total. The Balaban J connectivity index is 0.000000151. The van der Waals surface area contributed by atoms with Crippen LogP contribution >= 0.6 is 15.9 Å². The number of nitrogen functional groups attached to an aromatic ring is 1. The first-order chi connectivity index (χ1) is 25.1. The first kappa shape index (κ1) is 34.9. The lowest BCUT2D eigenvalue weighted by atomic mass is 9.93. The highest BCUT2D eigenvalue weighted by Crippen LogP contribution is 2.31. The van der Waals surface area contributed by atoms with Crippen molar-refractivity contribution in [2.24, 2.45) is 0 Å². The fraction of sp³-hybridized carbons (Fsp3) is 0.0204. The first-order valence-corrected chi connectivity index (χ1v) is 17.9. The van der Waals surface area contributed by atoms with E-state index < -0.39 is 0 Å². The highest BCUT2D eigenvalue weighted by atomic mass is 79.9. The highest BCUT2D eigenvalue weighted by molar-refractivity contribution is 9.10. The Hall–Kier alpha value is -5.96. The van der Waals surface area contributed by atoms with Crippen LogP contribution in [-0.2, 0) is 6.42 Å². The molecule has 0 fully saturated rings. The van der Waals surface area contributed by atoms with Crippen molar-refractivity contribution >= 4 is 21.6 Å². The highest BCUT2D eigenvalue weighted by Gasteiger charge is 2.07.